The summed E-state index contributed by atoms with van der Waals surface area (Å²) in [7, 11) is 0. The predicted octanol–water partition coefficient (Wildman–Crippen LogP) is 1.75. The van der Waals surface area contributed by atoms with E-state index < -0.39 is 6.10 Å². The van der Waals surface area contributed by atoms with Gasteiger partial charge in [0.2, 0.25) is 5.95 Å². The molecule has 1 aromatic heterocycles. The first-order chi connectivity index (χ1) is 13.9. The van der Waals surface area contributed by atoms with Gasteiger partial charge in [-0.2, -0.15) is 0 Å². The van der Waals surface area contributed by atoms with E-state index in [-0.39, 0.29) is 11.9 Å². The number of piperazine rings is 1. The lowest BCUT2D eigenvalue weighted by Crippen LogP contribution is -2.54. The molecule has 0 radical (unpaired) electrons. The fraction of sp³-hybridized carbons (Fsp3) is 0.476. The van der Waals surface area contributed by atoms with E-state index in [0.29, 0.717) is 42.7 Å². The Kier molecular flexibility index (Phi) is 5.72. The van der Waals surface area contributed by atoms with Crippen molar-refractivity contribution in [3.63, 3.8) is 0 Å². The molecule has 0 saturated carbocycles. The van der Waals surface area contributed by atoms with Crippen LogP contribution >= 0.6 is 11.6 Å². The number of β-amino-alcohol motifs (C(OH)–C–C–N with tert-alkyl or cyclic N) is 1. The number of carbonyl (C=O) groups excluding carboxylic acids is 1. The summed E-state index contributed by atoms with van der Waals surface area (Å²) >= 11 is 5.91. The summed E-state index contributed by atoms with van der Waals surface area (Å²) < 4.78 is 0. The minimum Gasteiger partial charge on any atom is -0.390 e. The molecule has 3 heterocycles. The van der Waals surface area contributed by atoms with Gasteiger partial charge < -0.3 is 14.9 Å². The van der Waals surface area contributed by atoms with Crippen molar-refractivity contribution < 1.29 is 9.90 Å². The van der Waals surface area contributed by atoms with E-state index in [1.807, 2.05) is 24.8 Å². The highest BCUT2D eigenvalue weighted by atomic mass is 35.5. The Morgan fingerprint density at radius 2 is 1.66 bits per heavy atom. The van der Waals surface area contributed by atoms with Gasteiger partial charge in [0.05, 0.1) is 12.1 Å². The number of nitrogens with zero attached hydrogens (tertiary/aromatic N) is 5. The van der Waals surface area contributed by atoms with Crippen LogP contribution in [0.15, 0.2) is 30.3 Å². The average molecular weight is 416 g/mol. The molecule has 0 spiro atoms. The van der Waals surface area contributed by atoms with Crippen LogP contribution in [-0.2, 0) is 0 Å². The lowest BCUT2D eigenvalue weighted by Gasteiger charge is -2.38. The van der Waals surface area contributed by atoms with E-state index in [2.05, 4.69) is 19.8 Å². The number of rotatable bonds is 3. The Labute approximate surface area is 175 Å². The molecule has 2 aromatic rings. The number of aromatic nitrogens is 2. The number of carbonyl (C=O) groups is 1. The maximum atomic E-state index is 12.7. The molecule has 0 bridgehead atoms. The van der Waals surface area contributed by atoms with Crippen LogP contribution in [0.3, 0.4) is 0 Å². The zero-order chi connectivity index (χ0) is 20.5. The predicted molar refractivity (Wildman–Crippen MR) is 112 cm³/mol. The smallest absolute Gasteiger partial charge is 0.253 e. The SMILES string of the molecule is Cc1cc(C)nc(N2CC(O)C(N3CCN(C(=O)c4ccc(Cl)cc4)CC3)C2)n1. The third kappa shape index (κ3) is 4.37. The number of hydrogen-bond donors (Lipinski definition) is 1. The van der Waals surface area contributed by atoms with Crippen LogP contribution in [0, 0.1) is 13.8 Å². The zero-order valence-electron chi connectivity index (χ0n) is 16.8. The maximum Gasteiger partial charge on any atom is 0.253 e. The molecule has 2 unspecified atom stereocenters. The number of aliphatic hydroxyl groups excluding tert-OH is 1. The molecule has 7 nitrogen and oxygen atoms in total. The average Bonchev–Trinajstić information content (AvgIpc) is 3.09. The highest BCUT2D eigenvalue weighted by Crippen LogP contribution is 2.23. The molecule has 2 fully saturated rings. The number of hydrogen-bond acceptors (Lipinski definition) is 6. The van der Waals surface area contributed by atoms with Crippen molar-refractivity contribution in [1.82, 2.24) is 19.8 Å². The topological polar surface area (TPSA) is 72.8 Å². The van der Waals surface area contributed by atoms with E-state index in [1.54, 1.807) is 24.3 Å². The van der Waals surface area contributed by atoms with Crippen molar-refractivity contribution in [2.75, 3.05) is 44.2 Å². The molecule has 4 rings (SSSR count). The van der Waals surface area contributed by atoms with Gasteiger partial charge >= 0.3 is 0 Å². The molecule has 1 N–H and O–H groups in total. The molecule has 2 aliphatic heterocycles. The van der Waals surface area contributed by atoms with Crippen LogP contribution in [-0.4, -0.2) is 82.2 Å². The standard InChI is InChI=1S/C21H26ClN5O2/c1-14-11-15(2)24-21(23-14)27-12-18(19(28)13-27)25-7-9-26(10-8-25)20(29)16-3-5-17(22)6-4-16/h3-6,11,18-19,28H,7-10,12-13H2,1-2H3. The summed E-state index contributed by atoms with van der Waals surface area (Å²) in [6.07, 6.45) is -0.460. The third-order valence-electron chi connectivity index (χ3n) is 5.67. The molecule has 29 heavy (non-hydrogen) atoms. The summed E-state index contributed by atoms with van der Waals surface area (Å²) in [5.74, 6) is 0.708. The molecule has 0 aliphatic carbocycles. The van der Waals surface area contributed by atoms with Gasteiger partial charge in [0.25, 0.3) is 5.91 Å². The number of aliphatic hydroxyl groups is 1. The minimum absolute atomic E-state index is 0.0206. The number of benzene rings is 1. The van der Waals surface area contributed by atoms with E-state index >= 15 is 0 Å². The van der Waals surface area contributed by atoms with Crippen LogP contribution in [0.25, 0.3) is 0 Å². The Hall–Kier alpha value is -2.22. The highest BCUT2D eigenvalue weighted by Gasteiger charge is 2.38. The number of halogens is 1. The summed E-state index contributed by atoms with van der Waals surface area (Å²) in [5, 5.41) is 11.3. The lowest BCUT2D eigenvalue weighted by molar-refractivity contribution is 0.0376. The first-order valence-corrected chi connectivity index (χ1v) is 10.3. The highest BCUT2D eigenvalue weighted by molar-refractivity contribution is 6.30. The monoisotopic (exact) mass is 415 g/mol. The van der Waals surface area contributed by atoms with E-state index in [1.165, 1.54) is 0 Å². The molecule has 1 amide bonds. The first-order valence-electron chi connectivity index (χ1n) is 9.95. The van der Waals surface area contributed by atoms with Crippen molar-refractivity contribution in [2.45, 2.75) is 26.0 Å². The Balaban J connectivity index is 1.37. The lowest BCUT2D eigenvalue weighted by atomic mass is 10.1. The van der Waals surface area contributed by atoms with Crippen molar-refractivity contribution in [3.05, 3.63) is 52.3 Å². The molecule has 154 valence electrons. The molecule has 2 aliphatic rings. The molecular formula is C21H26ClN5O2. The maximum absolute atomic E-state index is 12.7. The molecule has 2 atom stereocenters. The minimum atomic E-state index is -0.460. The van der Waals surface area contributed by atoms with Gasteiger partial charge in [-0.15, -0.1) is 0 Å². The van der Waals surface area contributed by atoms with Crippen molar-refractivity contribution in [3.8, 4) is 0 Å². The second-order valence-corrected chi connectivity index (χ2v) is 8.26. The number of amides is 1. The molecule has 8 heteroatoms. The zero-order valence-corrected chi connectivity index (χ0v) is 17.5. The summed E-state index contributed by atoms with van der Waals surface area (Å²) in [5.41, 5.74) is 2.52. The van der Waals surface area contributed by atoms with Gasteiger partial charge in [0.1, 0.15) is 0 Å². The summed E-state index contributed by atoms with van der Waals surface area (Å²) in [6.45, 7) is 7.89. The van der Waals surface area contributed by atoms with Crippen molar-refractivity contribution in [2.24, 2.45) is 0 Å². The second-order valence-electron chi connectivity index (χ2n) is 7.83. The second kappa shape index (κ2) is 8.26. The first kappa shape index (κ1) is 20.1. The van der Waals surface area contributed by atoms with Gasteiger partial charge in [-0.05, 0) is 44.2 Å². The van der Waals surface area contributed by atoms with Gasteiger partial charge in [0.15, 0.2) is 0 Å². The normalized spacial score (nSPS) is 22.9. The Morgan fingerprint density at radius 1 is 1.03 bits per heavy atom. The summed E-state index contributed by atoms with van der Waals surface area (Å²) in [6, 6.07) is 8.98. The molecule has 2 saturated heterocycles. The van der Waals surface area contributed by atoms with E-state index in [4.69, 9.17) is 11.6 Å². The van der Waals surface area contributed by atoms with E-state index in [9.17, 15) is 9.90 Å². The Morgan fingerprint density at radius 3 is 2.28 bits per heavy atom. The van der Waals surface area contributed by atoms with Crippen molar-refractivity contribution >= 4 is 23.5 Å². The molecule has 1 aromatic carbocycles. The number of aryl methyl sites for hydroxylation is 2. The third-order valence-corrected chi connectivity index (χ3v) is 5.93. The number of anilines is 1. The van der Waals surface area contributed by atoms with Gasteiger partial charge in [-0.1, -0.05) is 11.6 Å². The van der Waals surface area contributed by atoms with Crippen LogP contribution in [0.5, 0.6) is 0 Å². The van der Waals surface area contributed by atoms with Gasteiger partial charge in [-0.25, -0.2) is 9.97 Å². The summed E-state index contributed by atoms with van der Waals surface area (Å²) in [4.78, 5) is 28.0. The van der Waals surface area contributed by atoms with Crippen LogP contribution < -0.4 is 4.90 Å². The fourth-order valence-electron chi connectivity index (χ4n) is 4.17. The van der Waals surface area contributed by atoms with Gasteiger partial charge in [0, 0.05) is 61.2 Å². The van der Waals surface area contributed by atoms with Gasteiger partial charge in [-0.3, -0.25) is 9.69 Å². The largest absolute Gasteiger partial charge is 0.390 e. The van der Waals surface area contributed by atoms with Crippen LogP contribution in [0.2, 0.25) is 5.02 Å². The molecular weight excluding hydrogens is 390 g/mol. The fourth-order valence-corrected chi connectivity index (χ4v) is 4.30. The Bertz CT molecular complexity index is 863. The van der Waals surface area contributed by atoms with E-state index in [0.717, 1.165) is 24.5 Å². The van der Waals surface area contributed by atoms with Crippen LogP contribution in [0.1, 0.15) is 21.7 Å². The van der Waals surface area contributed by atoms with Crippen LogP contribution in [0.4, 0.5) is 5.95 Å². The quantitative estimate of drug-likeness (QED) is 0.823. The van der Waals surface area contributed by atoms with Crippen molar-refractivity contribution in [1.29, 1.82) is 0 Å².